The van der Waals surface area contributed by atoms with Gasteiger partial charge in [0.1, 0.15) is 23.0 Å². The molecule has 30 heavy (non-hydrogen) atoms. The average molecular weight is 409 g/mol. The predicted octanol–water partition coefficient (Wildman–Crippen LogP) is 4.88. The number of carboxylic acid groups (broad SMARTS) is 1. The fraction of sp³-hybridized carbons (Fsp3) is 0.250. The Kier molecular flexibility index (Phi) is 6.06. The summed E-state index contributed by atoms with van der Waals surface area (Å²) in [4.78, 5) is 15.4. The van der Waals surface area contributed by atoms with Gasteiger partial charge in [0, 0.05) is 17.7 Å². The number of aromatic hydroxyl groups is 1. The zero-order valence-electron chi connectivity index (χ0n) is 17.4. The highest BCUT2D eigenvalue weighted by molar-refractivity contribution is 5.70. The Hall–Kier alpha value is -3.41. The van der Waals surface area contributed by atoms with Crippen molar-refractivity contribution in [1.29, 1.82) is 0 Å². The van der Waals surface area contributed by atoms with Gasteiger partial charge in [-0.05, 0) is 85.8 Å². The van der Waals surface area contributed by atoms with E-state index >= 15 is 0 Å². The number of aliphatic carboxylic acids is 1. The van der Waals surface area contributed by atoms with Crippen molar-refractivity contribution in [1.82, 2.24) is 4.98 Å². The number of nitrogens with zero attached hydrogens (tertiary/aromatic N) is 1. The van der Waals surface area contributed by atoms with E-state index in [2.05, 4.69) is 4.98 Å². The smallest absolute Gasteiger partial charge is 0.341 e. The van der Waals surface area contributed by atoms with Gasteiger partial charge in [-0.2, -0.15) is 0 Å². The number of halogens is 1. The maximum absolute atomic E-state index is 13.8. The topological polar surface area (TPSA) is 79.7 Å². The minimum atomic E-state index is -1.03. The van der Waals surface area contributed by atoms with Crippen LogP contribution in [0.1, 0.15) is 33.5 Å². The summed E-state index contributed by atoms with van der Waals surface area (Å²) in [6, 6.07) is 9.56. The third kappa shape index (κ3) is 4.43. The summed E-state index contributed by atoms with van der Waals surface area (Å²) >= 11 is 0. The van der Waals surface area contributed by atoms with Crippen molar-refractivity contribution in [3.05, 3.63) is 75.7 Å². The average Bonchev–Trinajstić information content (AvgIpc) is 2.70. The highest BCUT2D eigenvalue weighted by Crippen LogP contribution is 2.33. The lowest BCUT2D eigenvalue weighted by atomic mass is 9.93. The molecule has 0 aliphatic heterocycles. The summed E-state index contributed by atoms with van der Waals surface area (Å²) in [6.07, 6.45) is 0.513. The number of rotatable bonds is 6. The molecule has 0 spiro atoms. The summed E-state index contributed by atoms with van der Waals surface area (Å²) in [7, 11) is 0. The normalized spacial score (nSPS) is 10.8. The number of ether oxygens (including phenoxy) is 1. The van der Waals surface area contributed by atoms with Gasteiger partial charge in [-0.1, -0.05) is 6.07 Å². The van der Waals surface area contributed by atoms with Gasteiger partial charge in [0.2, 0.25) is 0 Å². The second-order valence-electron chi connectivity index (χ2n) is 7.41. The van der Waals surface area contributed by atoms with E-state index in [4.69, 9.17) is 9.84 Å². The van der Waals surface area contributed by atoms with Gasteiger partial charge in [-0.15, -0.1) is 0 Å². The van der Waals surface area contributed by atoms with Crippen LogP contribution in [0.3, 0.4) is 0 Å². The molecule has 5 nitrogen and oxygen atoms in total. The molecule has 0 radical (unpaired) electrons. The van der Waals surface area contributed by atoms with E-state index in [1.54, 1.807) is 18.2 Å². The molecule has 0 aliphatic rings. The summed E-state index contributed by atoms with van der Waals surface area (Å²) < 4.78 is 19.2. The highest BCUT2D eigenvalue weighted by atomic mass is 19.1. The summed E-state index contributed by atoms with van der Waals surface area (Å²) in [6.45, 7) is 7.24. The molecular weight excluding hydrogens is 385 g/mol. The first-order valence-electron chi connectivity index (χ1n) is 9.57. The molecule has 0 bridgehead atoms. The van der Waals surface area contributed by atoms with Crippen LogP contribution >= 0.6 is 0 Å². The van der Waals surface area contributed by atoms with Crippen molar-refractivity contribution >= 4 is 5.97 Å². The number of aromatic nitrogens is 1. The Morgan fingerprint density at radius 3 is 2.47 bits per heavy atom. The fourth-order valence-corrected chi connectivity index (χ4v) is 3.48. The van der Waals surface area contributed by atoms with Crippen molar-refractivity contribution in [2.45, 2.75) is 34.1 Å². The molecule has 0 saturated carbocycles. The number of hydrogen-bond donors (Lipinski definition) is 2. The highest BCUT2D eigenvalue weighted by Gasteiger charge is 2.16. The third-order valence-corrected chi connectivity index (χ3v) is 5.30. The lowest BCUT2D eigenvalue weighted by Gasteiger charge is -2.17. The Balaban J connectivity index is 1.98. The van der Waals surface area contributed by atoms with Crippen LogP contribution in [0.25, 0.3) is 11.3 Å². The molecule has 1 heterocycles. The number of hydrogen-bond acceptors (Lipinski definition) is 4. The molecule has 1 aromatic heterocycles. The maximum atomic E-state index is 13.8. The second kappa shape index (κ2) is 8.53. The van der Waals surface area contributed by atoms with Gasteiger partial charge in [0.15, 0.2) is 6.61 Å². The van der Waals surface area contributed by atoms with E-state index < -0.39 is 12.6 Å². The SMILES string of the molecule is Cc1ccc(F)cc1-c1nc(Cc2c(C)cc(OCC(=O)O)c(C)c2C)ccc1O. The fourth-order valence-electron chi connectivity index (χ4n) is 3.48. The molecular formula is C24H24FNO4. The van der Waals surface area contributed by atoms with E-state index in [0.29, 0.717) is 23.4 Å². The minimum Gasteiger partial charge on any atom is -0.506 e. The van der Waals surface area contributed by atoms with Crippen LogP contribution < -0.4 is 4.74 Å². The largest absolute Gasteiger partial charge is 0.506 e. The summed E-state index contributed by atoms with van der Waals surface area (Å²) in [5, 5.41) is 19.2. The van der Waals surface area contributed by atoms with Gasteiger partial charge < -0.3 is 14.9 Å². The number of carbonyl (C=O) groups is 1. The van der Waals surface area contributed by atoms with E-state index in [9.17, 15) is 14.3 Å². The zero-order chi connectivity index (χ0) is 22.0. The van der Waals surface area contributed by atoms with Crippen LogP contribution in [-0.4, -0.2) is 27.8 Å². The molecule has 156 valence electrons. The molecule has 0 aliphatic carbocycles. The molecule has 6 heteroatoms. The van der Waals surface area contributed by atoms with Crippen LogP contribution in [0.15, 0.2) is 36.4 Å². The van der Waals surface area contributed by atoms with Gasteiger partial charge >= 0.3 is 5.97 Å². The van der Waals surface area contributed by atoms with Crippen molar-refractivity contribution in [3.8, 4) is 22.8 Å². The Morgan fingerprint density at radius 1 is 1.03 bits per heavy atom. The molecule has 0 amide bonds. The van der Waals surface area contributed by atoms with Crippen molar-refractivity contribution in [2.24, 2.45) is 0 Å². The van der Waals surface area contributed by atoms with Crippen molar-refractivity contribution < 1.29 is 24.1 Å². The minimum absolute atomic E-state index is 0.00510. The predicted molar refractivity (Wildman–Crippen MR) is 113 cm³/mol. The number of carboxylic acids is 1. The monoisotopic (exact) mass is 409 g/mol. The van der Waals surface area contributed by atoms with Crippen LogP contribution in [0.4, 0.5) is 4.39 Å². The first-order valence-corrected chi connectivity index (χ1v) is 9.57. The van der Waals surface area contributed by atoms with Crippen LogP contribution in [0, 0.1) is 33.5 Å². The zero-order valence-corrected chi connectivity index (χ0v) is 17.4. The molecule has 0 fully saturated rings. The van der Waals surface area contributed by atoms with Gasteiger partial charge in [-0.25, -0.2) is 14.2 Å². The van der Waals surface area contributed by atoms with Gasteiger partial charge in [0.05, 0.1) is 0 Å². The Labute approximate surface area is 174 Å². The Morgan fingerprint density at radius 2 is 1.77 bits per heavy atom. The first-order chi connectivity index (χ1) is 14.2. The van der Waals surface area contributed by atoms with Gasteiger partial charge in [-0.3, -0.25) is 0 Å². The summed E-state index contributed by atoms with van der Waals surface area (Å²) in [5.41, 5.74) is 6.32. The van der Waals surface area contributed by atoms with Crippen LogP contribution in [0.2, 0.25) is 0 Å². The molecule has 0 atom stereocenters. The number of pyridine rings is 1. The summed E-state index contributed by atoms with van der Waals surface area (Å²) in [5.74, 6) is -0.871. The van der Waals surface area contributed by atoms with Crippen LogP contribution in [-0.2, 0) is 11.2 Å². The molecule has 3 aromatic rings. The molecule has 2 N–H and O–H groups in total. The van der Waals surface area contributed by atoms with Crippen molar-refractivity contribution in [3.63, 3.8) is 0 Å². The molecule has 3 rings (SSSR count). The molecule has 2 aromatic carbocycles. The number of benzene rings is 2. The Bertz CT molecular complexity index is 1120. The molecule has 0 saturated heterocycles. The third-order valence-electron chi connectivity index (χ3n) is 5.30. The molecule has 0 unspecified atom stereocenters. The number of aryl methyl sites for hydroxylation is 2. The van der Waals surface area contributed by atoms with E-state index in [-0.39, 0.29) is 11.6 Å². The lowest BCUT2D eigenvalue weighted by Crippen LogP contribution is -2.11. The van der Waals surface area contributed by atoms with Crippen molar-refractivity contribution in [2.75, 3.05) is 6.61 Å². The van der Waals surface area contributed by atoms with Gasteiger partial charge in [0.25, 0.3) is 0 Å². The quantitative estimate of drug-likeness (QED) is 0.607. The van der Waals surface area contributed by atoms with Crippen LogP contribution in [0.5, 0.6) is 11.5 Å². The maximum Gasteiger partial charge on any atom is 0.341 e. The second-order valence-corrected chi connectivity index (χ2v) is 7.41. The standard InChI is InChI=1S/C24H24FNO4/c1-13-5-6-17(25)10-20(13)24-21(27)8-7-18(26-24)11-19-14(2)9-22(16(4)15(19)3)30-12-23(28)29/h5-10,27H,11-12H2,1-4H3,(H,28,29). The first kappa shape index (κ1) is 21.3. The van der Waals surface area contributed by atoms with E-state index in [0.717, 1.165) is 33.5 Å². The van der Waals surface area contributed by atoms with E-state index in [1.807, 2.05) is 33.8 Å². The van der Waals surface area contributed by atoms with E-state index in [1.165, 1.54) is 12.1 Å². The lowest BCUT2D eigenvalue weighted by molar-refractivity contribution is -0.139.